The first kappa shape index (κ1) is 22.0. The molecular weight excluding hydrogens is 406 g/mol. The minimum absolute atomic E-state index is 0.0687. The number of hydrogen-bond acceptors (Lipinski definition) is 5. The van der Waals surface area contributed by atoms with Crippen LogP contribution in [-0.2, 0) is 19.8 Å². The quantitative estimate of drug-likeness (QED) is 0.247. The van der Waals surface area contributed by atoms with Gasteiger partial charge in [-0.15, -0.1) is 0 Å². The minimum atomic E-state index is -1.08. The van der Waals surface area contributed by atoms with Gasteiger partial charge in [0, 0.05) is 12.0 Å². The molecule has 1 saturated heterocycles. The average Bonchev–Trinajstić information content (AvgIpc) is 3.16. The highest BCUT2D eigenvalue weighted by Gasteiger charge is 2.46. The summed E-state index contributed by atoms with van der Waals surface area (Å²) in [6.07, 6.45) is -2.65. The third-order valence-corrected chi connectivity index (χ3v) is 5.74. The Balaban J connectivity index is 1.79. The standard InChI is InChI=1S/C25H25N3O4/c1-30-24-23(29)22(27-28-26)21(32-24)17-31-25(18-11-5-2-6-12-18,19-13-7-3-8-14-19)20-15-9-4-10-16-20/h2-16,21-24,29H,17H2,1H3/t21-,22+,23-,24-/m1/s1. The first-order valence-electron chi connectivity index (χ1n) is 10.4. The summed E-state index contributed by atoms with van der Waals surface area (Å²) in [5, 5.41) is 14.2. The molecule has 0 radical (unpaired) electrons. The molecule has 164 valence electrons. The summed E-state index contributed by atoms with van der Waals surface area (Å²) in [7, 11) is 1.44. The molecule has 0 bridgehead atoms. The van der Waals surface area contributed by atoms with Crippen molar-refractivity contribution in [3.05, 3.63) is 118 Å². The van der Waals surface area contributed by atoms with Crippen LogP contribution in [-0.4, -0.2) is 43.4 Å². The van der Waals surface area contributed by atoms with Crippen molar-refractivity contribution in [2.45, 2.75) is 30.1 Å². The molecule has 3 aromatic rings. The van der Waals surface area contributed by atoms with Gasteiger partial charge in [0.1, 0.15) is 11.7 Å². The summed E-state index contributed by atoms with van der Waals surface area (Å²) in [4.78, 5) is 2.88. The van der Waals surface area contributed by atoms with Gasteiger partial charge in [-0.25, -0.2) is 0 Å². The second-order valence-corrected chi connectivity index (χ2v) is 7.55. The van der Waals surface area contributed by atoms with Gasteiger partial charge >= 0.3 is 0 Å². The van der Waals surface area contributed by atoms with Crippen LogP contribution in [0.25, 0.3) is 10.4 Å². The zero-order valence-electron chi connectivity index (χ0n) is 17.7. The van der Waals surface area contributed by atoms with E-state index in [9.17, 15) is 5.11 Å². The van der Waals surface area contributed by atoms with Crippen LogP contribution in [0.3, 0.4) is 0 Å². The lowest BCUT2D eigenvalue weighted by Gasteiger charge is -2.37. The number of azide groups is 1. The average molecular weight is 431 g/mol. The number of methoxy groups -OCH3 is 1. The van der Waals surface area contributed by atoms with E-state index in [1.807, 2.05) is 91.0 Å². The van der Waals surface area contributed by atoms with Crippen molar-refractivity contribution < 1.29 is 19.3 Å². The molecule has 1 N–H and O–H groups in total. The lowest BCUT2D eigenvalue weighted by Crippen LogP contribution is -2.39. The molecule has 4 atom stereocenters. The lowest BCUT2D eigenvalue weighted by molar-refractivity contribution is -0.162. The fourth-order valence-electron chi connectivity index (χ4n) is 4.23. The first-order valence-corrected chi connectivity index (χ1v) is 10.4. The number of nitrogens with zero attached hydrogens (tertiary/aromatic N) is 3. The maximum atomic E-state index is 10.5. The smallest absolute Gasteiger partial charge is 0.184 e. The van der Waals surface area contributed by atoms with Gasteiger partial charge in [-0.3, -0.25) is 0 Å². The van der Waals surface area contributed by atoms with Crippen LogP contribution in [0.1, 0.15) is 16.7 Å². The molecule has 4 rings (SSSR count). The van der Waals surface area contributed by atoms with Gasteiger partial charge < -0.3 is 19.3 Å². The van der Waals surface area contributed by atoms with Gasteiger partial charge in [0.05, 0.1) is 18.8 Å². The van der Waals surface area contributed by atoms with E-state index in [1.165, 1.54) is 7.11 Å². The highest BCUT2D eigenvalue weighted by Crippen LogP contribution is 2.41. The third kappa shape index (κ3) is 4.12. The van der Waals surface area contributed by atoms with E-state index in [0.29, 0.717) is 0 Å². The van der Waals surface area contributed by atoms with Crippen molar-refractivity contribution in [3.63, 3.8) is 0 Å². The molecule has 7 heteroatoms. The van der Waals surface area contributed by atoms with Crippen LogP contribution >= 0.6 is 0 Å². The monoisotopic (exact) mass is 431 g/mol. The number of aliphatic hydroxyl groups is 1. The van der Waals surface area contributed by atoms with E-state index in [-0.39, 0.29) is 6.61 Å². The Hall–Kier alpha value is -3.19. The lowest BCUT2D eigenvalue weighted by atomic mass is 9.80. The number of rotatable bonds is 8. The van der Waals surface area contributed by atoms with Crippen molar-refractivity contribution in [1.29, 1.82) is 0 Å². The van der Waals surface area contributed by atoms with Crippen molar-refractivity contribution in [3.8, 4) is 0 Å². The van der Waals surface area contributed by atoms with E-state index >= 15 is 0 Å². The van der Waals surface area contributed by atoms with Crippen LogP contribution in [0.2, 0.25) is 0 Å². The molecule has 1 aliphatic rings. The van der Waals surface area contributed by atoms with Gasteiger partial charge in [0.25, 0.3) is 0 Å². The van der Waals surface area contributed by atoms with Gasteiger partial charge in [-0.2, -0.15) is 0 Å². The topological polar surface area (TPSA) is 96.7 Å². The van der Waals surface area contributed by atoms with Crippen molar-refractivity contribution in [2.75, 3.05) is 13.7 Å². The minimum Gasteiger partial charge on any atom is -0.387 e. The molecule has 0 amide bonds. The van der Waals surface area contributed by atoms with Crippen molar-refractivity contribution in [1.82, 2.24) is 0 Å². The van der Waals surface area contributed by atoms with Crippen LogP contribution < -0.4 is 0 Å². The molecule has 32 heavy (non-hydrogen) atoms. The molecule has 0 aliphatic carbocycles. The van der Waals surface area contributed by atoms with Gasteiger partial charge in [0.15, 0.2) is 6.29 Å². The molecule has 0 spiro atoms. The Labute approximate surface area is 186 Å². The van der Waals surface area contributed by atoms with E-state index in [4.69, 9.17) is 19.7 Å². The van der Waals surface area contributed by atoms with E-state index in [0.717, 1.165) is 16.7 Å². The number of aliphatic hydroxyl groups excluding tert-OH is 1. The SMILES string of the molecule is CO[C@@H]1O[C@H](COC(c2ccccc2)(c2ccccc2)c2ccccc2)[C@H](N=[N+]=[N-])[C@H]1O. The fourth-order valence-corrected chi connectivity index (χ4v) is 4.23. The predicted molar refractivity (Wildman–Crippen MR) is 120 cm³/mol. The molecule has 0 unspecified atom stereocenters. The van der Waals surface area contributed by atoms with E-state index < -0.39 is 30.1 Å². The largest absolute Gasteiger partial charge is 0.387 e. The van der Waals surface area contributed by atoms with Crippen LogP contribution in [0.5, 0.6) is 0 Å². The van der Waals surface area contributed by atoms with Gasteiger partial charge in [-0.1, -0.05) is 96.1 Å². The highest BCUT2D eigenvalue weighted by atomic mass is 16.7. The van der Waals surface area contributed by atoms with Gasteiger partial charge in [0.2, 0.25) is 0 Å². The summed E-state index contributed by atoms with van der Waals surface area (Å²) >= 11 is 0. The maximum absolute atomic E-state index is 10.5. The molecule has 7 nitrogen and oxygen atoms in total. The Morgan fingerprint density at radius 3 is 1.78 bits per heavy atom. The predicted octanol–water partition coefficient (Wildman–Crippen LogP) is 4.41. The van der Waals surface area contributed by atoms with E-state index in [2.05, 4.69) is 10.0 Å². The van der Waals surface area contributed by atoms with Crippen LogP contribution in [0.4, 0.5) is 0 Å². The van der Waals surface area contributed by atoms with Crippen molar-refractivity contribution in [2.24, 2.45) is 5.11 Å². The number of ether oxygens (including phenoxy) is 3. The molecule has 1 aliphatic heterocycles. The Morgan fingerprint density at radius 2 is 1.38 bits per heavy atom. The zero-order chi connectivity index (χ0) is 22.4. The molecule has 1 fully saturated rings. The maximum Gasteiger partial charge on any atom is 0.184 e. The number of hydrogen-bond donors (Lipinski definition) is 1. The van der Waals surface area contributed by atoms with Crippen LogP contribution in [0.15, 0.2) is 96.1 Å². The Kier molecular flexibility index (Phi) is 6.85. The molecular formula is C25H25N3O4. The zero-order valence-corrected chi connectivity index (χ0v) is 17.7. The molecule has 0 aromatic heterocycles. The molecule has 3 aromatic carbocycles. The summed E-state index contributed by atoms with van der Waals surface area (Å²) in [6.45, 7) is 0.0687. The van der Waals surface area contributed by atoms with Crippen LogP contribution in [0, 0.1) is 0 Å². The second kappa shape index (κ2) is 9.96. The normalized spacial score (nSPS) is 22.9. The highest BCUT2D eigenvalue weighted by molar-refractivity contribution is 5.47. The molecule has 1 heterocycles. The first-order chi connectivity index (χ1) is 15.7. The van der Waals surface area contributed by atoms with E-state index in [1.54, 1.807) is 0 Å². The summed E-state index contributed by atoms with van der Waals surface area (Å²) in [5.41, 5.74) is 10.9. The molecule has 0 saturated carbocycles. The summed E-state index contributed by atoms with van der Waals surface area (Å²) in [5.74, 6) is 0. The Morgan fingerprint density at radius 1 is 0.906 bits per heavy atom. The third-order valence-electron chi connectivity index (χ3n) is 5.74. The fraction of sp³-hybridized carbons (Fsp3) is 0.280. The Bertz CT molecular complexity index is 946. The second-order valence-electron chi connectivity index (χ2n) is 7.55. The van der Waals surface area contributed by atoms with Gasteiger partial charge in [-0.05, 0) is 22.2 Å². The number of benzene rings is 3. The summed E-state index contributed by atoms with van der Waals surface area (Å²) in [6, 6.07) is 29.0. The van der Waals surface area contributed by atoms with Crippen molar-refractivity contribution >= 4 is 0 Å². The summed E-state index contributed by atoms with van der Waals surface area (Å²) < 4.78 is 17.7.